The van der Waals surface area contributed by atoms with Crippen LogP contribution in [0.2, 0.25) is 0 Å². The number of likely N-dealkylation sites (tertiary alicyclic amines) is 2. The largest absolute Gasteiger partial charge is 0.450 e. The van der Waals surface area contributed by atoms with Crippen molar-refractivity contribution in [2.45, 2.75) is 65.0 Å². The van der Waals surface area contributed by atoms with Gasteiger partial charge in [-0.15, -0.1) is 0 Å². The molecule has 152 valence electrons. The summed E-state index contributed by atoms with van der Waals surface area (Å²) in [5, 5.41) is 6.16. The van der Waals surface area contributed by atoms with Crippen LogP contribution in [0.4, 0.5) is 4.79 Å². The van der Waals surface area contributed by atoms with Gasteiger partial charge in [-0.2, -0.15) is 5.10 Å². The number of rotatable bonds is 6. The van der Waals surface area contributed by atoms with Crippen molar-refractivity contribution in [2.75, 3.05) is 32.8 Å². The van der Waals surface area contributed by atoms with Crippen LogP contribution in [-0.4, -0.2) is 72.5 Å². The average molecular weight is 377 g/mol. The van der Waals surface area contributed by atoms with Gasteiger partial charge in [0.05, 0.1) is 12.6 Å². The second-order valence-corrected chi connectivity index (χ2v) is 8.55. The molecule has 1 aliphatic carbocycles. The van der Waals surface area contributed by atoms with E-state index in [1.165, 1.54) is 38.8 Å². The molecule has 1 spiro atoms. The summed E-state index contributed by atoms with van der Waals surface area (Å²) >= 11 is 0. The lowest BCUT2D eigenvalue weighted by Crippen LogP contribution is -2.55. The summed E-state index contributed by atoms with van der Waals surface area (Å²) in [5.41, 5.74) is 0.358. The fraction of sp³-hybridized carbons (Fsp3) is 0.810. The van der Waals surface area contributed by atoms with Crippen LogP contribution in [0.15, 0.2) is 17.4 Å². The van der Waals surface area contributed by atoms with Crippen molar-refractivity contribution in [1.82, 2.24) is 14.8 Å². The van der Waals surface area contributed by atoms with Gasteiger partial charge >= 0.3 is 6.09 Å². The number of hydrogen-bond donors (Lipinski definition) is 0. The maximum absolute atomic E-state index is 12.0. The van der Waals surface area contributed by atoms with Gasteiger partial charge in [0.25, 0.3) is 0 Å². The van der Waals surface area contributed by atoms with Crippen LogP contribution in [-0.2, 0) is 4.74 Å². The first-order valence-corrected chi connectivity index (χ1v) is 10.6. The van der Waals surface area contributed by atoms with Gasteiger partial charge in [-0.05, 0) is 77.3 Å². The van der Waals surface area contributed by atoms with Gasteiger partial charge in [0.15, 0.2) is 0 Å². The molecule has 3 aliphatic rings. The zero-order valence-corrected chi connectivity index (χ0v) is 17.3. The monoisotopic (exact) mass is 376 g/mol. The fourth-order valence-corrected chi connectivity index (χ4v) is 5.28. The van der Waals surface area contributed by atoms with Crippen LogP contribution in [0.25, 0.3) is 0 Å². The second-order valence-electron chi connectivity index (χ2n) is 8.55. The fourth-order valence-electron chi connectivity index (χ4n) is 5.28. The molecule has 2 saturated heterocycles. The molecule has 6 heteroatoms. The lowest BCUT2D eigenvalue weighted by molar-refractivity contribution is -0.0149. The lowest BCUT2D eigenvalue weighted by atomic mass is 9.64. The summed E-state index contributed by atoms with van der Waals surface area (Å²) < 4.78 is 5.17. The van der Waals surface area contributed by atoms with Gasteiger partial charge in [0.2, 0.25) is 0 Å². The van der Waals surface area contributed by atoms with Gasteiger partial charge in [-0.25, -0.2) is 4.79 Å². The average Bonchev–Trinajstić information content (AvgIpc) is 3.11. The van der Waals surface area contributed by atoms with E-state index in [9.17, 15) is 4.79 Å². The molecule has 2 heterocycles. The Balaban J connectivity index is 1.43. The first-order valence-electron chi connectivity index (χ1n) is 10.6. The van der Waals surface area contributed by atoms with E-state index >= 15 is 0 Å². The minimum atomic E-state index is -0.130. The molecule has 3 rings (SSSR count). The van der Waals surface area contributed by atoms with Crippen molar-refractivity contribution in [3.05, 3.63) is 12.3 Å². The highest BCUT2D eigenvalue weighted by molar-refractivity contribution is 5.68. The van der Waals surface area contributed by atoms with E-state index in [0.29, 0.717) is 30.0 Å². The van der Waals surface area contributed by atoms with Crippen molar-refractivity contribution < 1.29 is 9.53 Å². The van der Waals surface area contributed by atoms with E-state index < -0.39 is 0 Å². The molecule has 0 aromatic heterocycles. The van der Waals surface area contributed by atoms with Crippen molar-refractivity contribution in [3.8, 4) is 0 Å². The maximum Gasteiger partial charge on any atom is 0.409 e. The molecular weight excluding hydrogens is 340 g/mol. The number of hydrogen-bond acceptors (Lipinski definition) is 5. The zero-order chi connectivity index (χ0) is 19.4. The first kappa shape index (κ1) is 20.2. The molecule has 27 heavy (non-hydrogen) atoms. The predicted molar refractivity (Wildman–Crippen MR) is 109 cm³/mol. The van der Waals surface area contributed by atoms with Crippen LogP contribution in [0.1, 0.15) is 52.9 Å². The van der Waals surface area contributed by atoms with E-state index in [4.69, 9.17) is 4.74 Å². The molecule has 3 fully saturated rings. The Morgan fingerprint density at radius 2 is 2.07 bits per heavy atom. The third-order valence-electron chi connectivity index (χ3n) is 6.96. The Morgan fingerprint density at radius 1 is 1.37 bits per heavy atom. The van der Waals surface area contributed by atoms with Crippen LogP contribution in [0, 0.1) is 11.3 Å². The highest BCUT2D eigenvalue weighted by atomic mass is 16.6. The van der Waals surface area contributed by atoms with Gasteiger partial charge in [0.1, 0.15) is 0 Å². The highest BCUT2D eigenvalue weighted by Gasteiger charge is 2.51. The van der Waals surface area contributed by atoms with Crippen molar-refractivity contribution in [3.63, 3.8) is 0 Å². The number of amides is 1. The SMILES string of the molecule is C=NN(/C=C\C)C(C)C1CCN(C2CC3(CCN(C(=O)OCC)C3)C2)CC1. The van der Waals surface area contributed by atoms with E-state index in [1.54, 1.807) is 0 Å². The second kappa shape index (κ2) is 8.63. The molecule has 0 radical (unpaired) electrons. The molecule has 2 aliphatic heterocycles. The maximum atomic E-state index is 12.0. The van der Waals surface area contributed by atoms with Crippen LogP contribution in [0.5, 0.6) is 0 Å². The molecule has 0 aromatic carbocycles. The van der Waals surface area contributed by atoms with Crippen LogP contribution >= 0.6 is 0 Å². The molecule has 0 aromatic rings. The molecule has 1 saturated carbocycles. The molecule has 1 atom stereocenters. The van der Waals surface area contributed by atoms with Crippen molar-refractivity contribution in [2.24, 2.45) is 16.4 Å². The molecule has 6 nitrogen and oxygen atoms in total. The number of nitrogens with zero attached hydrogens (tertiary/aromatic N) is 4. The summed E-state index contributed by atoms with van der Waals surface area (Å²) in [6.45, 7) is 14.4. The Kier molecular flexibility index (Phi) is 6.45. The smallest absolute Gasteiger partial charge is 0.409 e. The lowest BCUT2D eigenvalue weighted by Gasteiger charge is -2.52. The first-order chi connectivity index (χ1) is 13.0. The quantitative estimate of drug-likeness (QED) is 0.525. The summed E-state index contributed by atoms with van der Waals surface area (Å²) in [5.74, 6) is 0.669. The molecule has 0 bridgehead atoms. The van der Waals surface area contributed by atoms with Gasteiger partial charge in [0, 0.05) is 32.0 Å². The number of ether oxygens (including phenoxy) is 1. The number of hydrazone groups is 1. The number of carbonyl (C=O) groups is 1. The molecule has 1 unspecified atom stereocenters. The number of piperidine rings is 1. The van der Waals surface area contributed by atoms with Gasteiger partial charge < -0.3 is 14.5 Å². The summed E-state index contributed by atoms with van der Waals surface area (Å²) in [6.07, 6.45) is 9.98. The minimum absolute atomic E-state index is 0.130. The summed E-state index contributed by atoms with van der Waals surface area (Å²) in [4.78, 5) is 16.5. The van der Waals surface area contributed by atoms with E-state index in [1.807, 2.05) is 36.0 Å². The Morgan fingerprint density at radius 3 is 2.67 bits per heavy atom. The van der Waals surface area contributed by atoms with E-state index in [0.717, 1.165) is 19.5 Å². The minimum Gasteiger partial charge on any atom is -0.450 e. The normalized spacial score (nSPS) is 30.5. The summed E-state index contributed by atoms with van der Waals surface area (Å²) in [7, 11) is 0. The third kappa shape index (κ3) is 4.31. The number of allylic oxidation sites excluding steroid dienone is 1. The Bertz CT molecular complexity index is 550. The van der Waals surface area contributed by atoms with Crippen molar-refractivity contribution in [1.29, 1.82) is 0 Å². The van der Waals surface area contributed by atoms with Crippen LogP contribution in [0.3, 0.4) is 0 Å². The molecule has 1 amide bonds. The van der Waals surface area contributed by atoms with Gasteiger partial charge in [-0.3, -0.25) is 5.01 Å². The Labute approximate surface area is 164 Å². The predicted octanol–water partition coefficient (Wildman–Crippen LogP) is 3.55. The zero-order valence-electron chi connectivity index (χ0n) is 17.3. The molecule has 0 N–H and O–H groups in total. The standard InChI is InChI=1S/C21H36N4O2/c1-5-10-25(22-4)17(3)18-7-11-23(12-8-18)19-14-21(15-19)9-13-24(16-21)20(26)27-6-2/h5,10,17-19H,4,6-9,11-16H2,1-3H3/b10-5-. The van der Waals surface area contributed by atoms with E-state index in [-0.39, 0.29) is 6.09 Å². The third-order valence-corrected chi connectivity index (χ3v) is 6.96. The van der Waals surface area contributed by atoms with Crippen LogP contribution < -0.4 is 0 Å². The molecular formula is C21H36N4O2. The topological polar surface area (TPSA) is 48.4 Å². The Hall–Kier alpha value is -1.56. The number of carbonyl (C=O) groups excluding carboxylic acids is 1. The highest BCUT2D eigenvalue weighted by Crippen LogP contribution is 2.50. The summed E-state index contributed by atoms with van der Waals surface area (Å²) in [6, 6.07) is 1.11. The van der Waals surface area contributed by atoms with Gasteiger partial charge in [-0.1, -0.05) is 6.08 Å². The van der Waals surface area contributed by atoms with E-state index in [2.05, 4.69) is 23.6 Å². The van der Waals surface area contributed by atoms with Crippen molar-refractivity contribution >= 4 is 12.8 Å².